The predicted octanol–water partition coefficient (Wildman–Crippen LogP) is 4.29. The first-order valence-electron chi connectivity index (χ1n) is 8.89. The summed E-state index contributed by atoms with van der Waals surface area (Å²) < 4.78 is 0. The van der Waals surface area contributed by atoms with Gasteiger partial charge >= 0.3 is 0 Å². The minimum Gasteiger partial charge on any atom is -0.381 e. The van der Waals surface area contributed by atoms with E-state index in [1.807, 2.05) is 6.07 Å². The highest BCUT2D eigenvalue weighted by Gasteiger charge is 2.31. The average molecular weight is 328 g/mol. The van der Waals surface area contributed by atoms with E-state index in [0.717, 1.165) is 23.4 Å². The number of anilines is 1. The number of aromatic nitrogens is 3. The number of allylic oxidation sites excluding steroid dienone is 1. The molecule has 3 aromatic rings. The van der Waals surface area contributed by atoms with Crippen molar-refractivity contribution in [1.29, 1.82) is 0 Å². The number of nitrogens with one attached hydrogen (secondary N) is 2. The largest absolute Gasteiger partial charge is 0.381 e. The van der Waals surface area contributed by atoms with Crippen molar-refractivity contribution in [2.75, 3.05) is 5.32 Å². The molecule has 0 amide bonds. The monoisotopic (exact) mass is 328 g/mol. The van der Waals surface area contributed by atoms with Crippen molar-refractivity contribution in [2.24, 2.45) is 0 Å². The number of benzene rings is 2. The van der Waals surface area contributed by atoms with Crippen LogP contribution in [-0.4, -0.2) is 21.5 Å². The molecule has 5 rings (SSSR count). The van der Waals surface area contributed by atoms with Crippen molar-refractivity contribution in [3.63, 3.8) is 0 Å². The fourth-order valence-corrected chi connectivity index (χ4v) is 4.03. The molecule has 0 radical (unpaired) electrons. The Morgan fingerprint density at radius 1 is 1.04 bits per heavy atom. The summed E-state index contributed by atoms with van der Waals surface area (Å²) in [4.78, 5) is 0. The zero-order valence-electron chi connectivity index (χ0n) is 13.9. The maximum absolute atomic E-state index is 4.44. The second kappa shape index (κ2) is 5.88. The van der Waals surface area contributed by atoms with E-state index >= 15 is 0 Å². The smallest absolute Gasteiger partial charge is 0.116 e. The van der Waals surface area contributed by atoms with Gasteiger partial charge in [0.1, 0.15) is 5.69 Å². The number of aromatic amines is 1. The van der Waals surface area contributed by atoms with E-state index in [1.54, 1.807) is 0 Å². The molecule has 0 bridgehead atoms. The Balaban J connectivity index is 1.50. The molecule has 0 fully saturated rings. The Morgan fingerprint density at radius 3 is 2.88 bits per heavy atom. The van der Waals surface area contributed by atoms with Gasteiger partial charge in [0, 0.05) is 29.6 Å². The van der Waals surface area contributed by atoms with Crippen molar-refractivity contribution >= 4 is 5.69 Å². The zero-order valence-corrected chi connectivity index (χ0v) is 13.9. The maximum Gasteiger partial charge on any atom is 0.116 e. The molecule has 2 atom stereocenters. The highest BCUT2D eigenvalue weighted by molar-refractivity contribution is 5.71. The quantitative estimate of drug-likeness (QED) is 0.705. The second-order valence-corrected chi connectivity index (χ2v) is 6.87. The third-order valence-corrected chi connectivity index (χ3v) is 5.28. The maximum atomic E-state index is 4.44. The molecular weight excluding hydrogens is 308 g/mol. The molecule has 4 nitrogen and oxygen atoms in total. The molecular formula is C21H20N4. The average Bonchev–Trinajstić information content (AvgIpc) is 3.26. The molecule has 0 spiro atoms. The summed E-state index contributed by atoms with van der Waals surface area (Å²) in [5, 5.41) is 15.3. The van der Waals surface area contributed by atoms with Crippen molar-refractivity contribution < 1.29 is 0 Å². The molecule has 0 saturated heterocycles. The fraction of sp³-hybridized carbons (Fsp3) is 0.238. The van der Waals surface area contributed by atoms with Crippen LogP contribution in [0.5, 0.6) is 0 Å². The van der Waals surface area contributed by atoms with Gasteiger partial charge in [-0.1, -0.05) is 48.6 Å². The van der Waals surface area contributed by atoms with E-state index in [1.165, 1.54) is 29.7 Å². The number of hydrogen-bond donors (Lipinski definition) is 2. The van der Waals surface area contributed by atoms with Crippen LogP contribution >= 0.6 is 0 Å². The summed E-state index contributed by atoms with van der Waals surface area (Å²) in [6.07, 6.45) is 7.81. The van der Waals surface area contributed by atoms with Gasteiger partial charge in [-0.15, -0.1) is 0 Å². The third kappa shape index (κ3) is 2.54. The second-order valence-electron chi connectivity index (χ2n) is 6.87. The normalized spacial score (nSPS) is 20.8. The van der Waals surface area contributed by atoms with Crippen LogP contribution in [0, 0.1) is 0 Å². The molecule has 1 aliphatic heterocycles. The number of hydrogen-bond acceptors (Lipinski definition) is 3. The molecule has 4 heteroatoms. The molecule has 2 aromatic carbocycles. The predicted molar refractivity (Wildman–Crippen MR) is 99.6 cm³/mol. The summed E-state index contributed by atoms with van der Waals surface area (Å²) in [7, 11) is 0. The molecule has 2 unspecified atom stereocenters. The molecule has 2 N–H and O–H groups in total. The number of rotatable bonds is 3. The molecule has 2 aliphatic rings. The first-order valence-corrected chi connectivity index (χ1v) is 8.89. The molecule has 1 aromatic heterocycles. The van der Waals surface area contributed by atoms with Crippen LogP contribution in [-0.2, 0) is 6.42 Å². The van der Waals surface area contributed by atoms with Crippen LogP contribution in [0.15, 0.2) is 60.7 Å². The SMILES string of the molecule is C1=CC2c3cc(-c4n[nH]nc4Cc4ccccc4)ccc3NC2CC1. The van der Waals surface area contributed by atoms with Crippen molar-refractivity contribution in [3.05, 3.63) is 77.5 Å². The highest BCUT2D eigenvalue weighted by Crippen LogP contribution is 2.42. The topological polar surface area (TPSA) is 53.6 Å². The van der Waals surface area contributed by atoms with Gasteiger partial charge in [-0.05, 0) is 36.1 Å². The summed E-state index contributed by atoms with van der Waals surface area (Å²) in [6, 6.07) is 17.6. The van der Waals surface area contributed by atoms with Crippen molar-refractivity contribution in [3.8, 4) is 11.3 Å². The molecule has 0 saturated carbocycles. The lowest BCUT2D eigenvalue weighted by Crippen LogP contribution is -2.21. The fourth-order valence-electron chi connectivity index (χ4n) is 4.03. The number of H-pyrrole nitrogens is 1. The minimum atomic E-state index is 0.480. The van der Waals surface area contributed by atoms with Gasteiger partial charge < -0.3 is 5.32 Å². The van der Waals surface area contributed by atoms with Gasteiger partial charge in [-0.3, -0.25) is 0 Å². The number of fused-ring (bicyclic) bond motifs is 3. The highest BCUT2D eigenvalue weighted by atomic mass is 15.3. The van der Waals surface area contributed by atoms with E-state index < -0.39 is 0 Å². The summed E-state index contributed by atoms with van der Waals surface area (Å²) in [6.45, 7) is 0. The summed E-state index contributed by atoms with van der Waals surface area (Å²) in [5.41, 5.74) is 6.98. The Kier molecular flexibility index (Phi) is 3.40. The zero-order chi connectivity index (χ0) is 16.6. The van der Waals surface area contributed by atoms with E-state index in [-0.39, 0.29) is 0 Å². The standard InChI is InChI=1S/C21H20N4/c1-2-6-14(7-3-1)12-20-21(24-25-23-20)15-10-11-19-17(13-15)16-8-4-5-9-18(16)22-19/h1-4,6-8,10-11,13,16,18,22H,5,9,12H2,(H,23,24,25). The van der Waals surface area contributed by atoms with Gasteiger partial charge in [-0.25, -0.2) is 0 Å². The Labute approximate surface area is 147 Å². The van der Waals surface area contributed by atoms with Gasteiger partial charge in [-0.2, -0.15) is 15.4 Å². The van der Waals surface area contributed by atoms with Crippen LogP contribution < -0.4 is 5.32 Å². The van der Waals surface area contributed by atoms with Crippen LogP contribution in [0.2, 0.25) is 0 Å². The van der Waals surface area contributed by atoms with Crippen molar-refractivity contribution in [2.45, 2.75) is 31.2 Å². The Bertz CT molecular complexity index is 926. The minimum absolute atomic E-state index is 0.480. The van der Waals surface area contributed by atoms with E-state index in [4.69, 9.17) is 0 Å². The van der Waals surface area contributed by atoms with Crippen LogP contribution in [0.1, 0.15) is 35.6 Å². The first kappa shape index (κ1) is 14.5. The van der Waals surface area contributed by atoms with Crippen LogP contribution in [0.4, 0.5) is 5.69 Å². The lowest BCUT2D eigenvalue weighted by atomic mass is 9.87. The first-order chi connectivity index (χ1) is 12.4. The Hall–Kier alpha value is -2.88. The molecule has 1 aliphatic carbocycles. The molecule has 2 heterocycles. The van der Waals surface area contributed by atoms with E-state index in [2.05, 4.69) is 75.3 Å². The van der Waals surface area contributed by atoms with E-state index in [0.29, 0.717) is 12.0 Å². The van der Waals surface area contributed by atoms with Gasteiger partial charge in [0.2, 0.25) is 0 Å². The van der Waals surface area contributed by atoms with Crippen LogP contribution in [0.25, 0.3) is 11.3 Å². The Morgan fingerprint density at radius 2 is 1.96 bits per heavy atom. The summed E-state index contributed by atoms with van der Waals surface area (Å²) in [5.74, 6) is 0.480. The number of nitrogens with zero attached hydrogens (tertiary/aromatic N) is 2. The molecule has 25 heavy (non-hydrogen) atoms. The van der Waals surface area contributed by atoms with Gasteiger partial charge in [0.05, 0.1) is 5.69 Å². The van der Waals surface area contributed by atoms with Crippen LogP contribution in [0.3, 0.4) is 0 Å². The van der Waals surface area contributed by atoms with Crippen molar-refractivity contribution in [1.82, 2.24) is 15.4 Å². The lowest BCUT2D eigenvalue weighted by molar-refractivity contribution is 0.607. The van der Waals surface area contributed by atoms with E-state index in [9.17, 15) is 0 Å². The van der Waals surface area contributed by atoms with Gasteiger partial charge in [0.25, 0.3) is 0 Å². The summed E-state index contributed by atoms with van der Waals surface area (Å²) >= 11 is 0. The molecule has 124 valence electrons. The van der Waals surface area contributed by atoms with Gasteiger partial charge in [0.15, 0.2) is 0 Å². The third-order valence-electron chi connectivity index (χ3n) is 5.28. The lowest BCUT2D eigenvalue weighted by Gasteiger charge is -2.20.